The highest BCUT2D eigenvalue weighted by Crippen LogP contribution is 2.20. The third-order valence-corrected chi connectivity index (χ3v) is 8.66. The molecule has 0 aromatic heterocycles. The maximum absolute atomic E-state index is 6.75. The number of aryl methyl sites for hydroxylation is 2. The van der Waals surface area contributed by atoms with E-state index in [4.69, 9.17) is 4.43 Å². The average molecular weight is 359 g/mol. The quantitative estimate of drug-likeness (QED) is 0.454. The Morgan fingerprint density at radius 3 is 1.96 bits per heavy atom. The topological polar surface area (TPSA) is 9.23 Å². The lowest BCUT2D eigenvalue weighted by molar-refractivity contribution is 0.570. The van der Waals surface area contributed by atoms with Gasteiger partial charge in [-0.1, -0.05) is 66.7 Å². The highest BCUT2D eigenvalue weighted by molar-refractivity contribution is 6.97. The van der Waals surface area contributed by atoms with E-state index in [0.29, 0.717) is 0 Å². The predicted octanol–water partition coefficient (Wildman–Crippen LogP) is 4.80. The van der Waals surface area contributed by atoms with Crippen molar-refractivity contribution in [2.75, 3.05) is 0 Å². The molecule has 0 saturated heterocycles. The minimum absolute atomic E-state index is 0.894. The Morgan fingerprint density at radius 2 is 1.42 bits per heavy atom. The van der Waals surface area contributed by atoms with E-state index in [2.05, 4.69) is 69.4 Å². The molecule has 1 atom stereocenters. The molecule has 0 fully saturated rings. The third kappa shape index (κ3) is 3.66. The van der Waals surface area contributed by atoms with Gasteiger partial charge in [-0.2, -0.15) is 0 Å². The molecule has 0 aliphatic rings. The van der Waals surface area contributed by atoms with Gasteiger partial charge in [-0.05, 0) is 66.0 Å². The van der Waals surface area contributed by atoms with E-state index in [9.17, 15) is 0 Å². The van der Waals surface area contributed by atoms with Gasteiger partial charge in [-0.25, -0.2) is 0 Å². The molecule has 1 nitrogen and oxygen atoms in total. The van der Waals surface area contributed by atoms with Crippen molar-refractivity contribution in [2.24, 2.45) is 0 Å². The summed E-state index contributed by atoms with van der Waals surface area (Å²) in [6.45, 7) is 10.6. The number of hydrogen-bond donors (Lipinski definition) is 0. The molecule has 0 N–H and O–H groups in total. The second-order valence-corrected chi connectivity index (χ2v) is 10.3. The Kier molecular flexibility index (Phi) is 5.43. The molecule has 0 spiro atoms. The van der Waals surface area contributed by atoms with Crippen molar-refractivity contribution in [3.05, 3.63) is 102 Å². The van der Waals surface area contributed by atoms with Gasteiger partial charge in [-0.15, -0.1) is 6.58 Å². The lowest BCUT2D eigenvalue weighted by atomic mass is 10.0. The fourth-order valence-electron chi connectivity index (χ4n) is 3.82. The van der Waals surface area contributed by atoms with Gasteiger partial charge in [0.25, 0.3) is 0 Å². The molecule has 3 aromatic rings. The van der Waals surface area contributed by atoms with Crippen LogP contribution in [0.1, 0.15) is 16.7 Å². The van der Waals surface area contributed by atoms with E-state index in [1.165, 1.54) is 27.1 Å². The van der Waals surface area contributed by atoms with Gasteiger partial charge in [-0.3, -0.25) is 0 Å². The molecule has 132 valence electrons. The van der Waals surface area contributed by atoms with Crippen LogP contribution in [0.15, 0.2) is 85.5 Å². The minimum atomic E-state index is -2.40. The lowest BCUT2D eigenvalue weighted by Gasteiger charge is -2.32. The largest absolute Gasteiger partial charge is 0.535 e. The number of allylic oxidation sites excluding steroid dienone is 1. The monoisotopic (exact) mass is 358 g/mol. The maximum Gasteiger partial charge on any atom is 0.312 e. The summed E-state index contributed by atoms with van der Waals surface area (Å²) in [6.07, 6.45) is 2.85. The van der Waals surface area contributed by atoms with Crippen LogP contribution in [0.3, 0.4) is 0 Å². The first-order valence-corrected chi connectivity index (χ1v) is 11.5. The minimum Gasteiger partial charge on any atom is -0.535 e. The molecule has 1 unspecified atom stereocenters. The zero-order valence-corrected chi connectivity index (χ0v) is 16.8. The standard InChI is InChI=1S/C24H26OSi/c1-5-12-21-17-19(2)24(20(3)18-21)26(4,23-15-10-7-11-16-23)25-22-13-8-6-9-14-22/h5-11,13-18H,1,12H2,2-4H3. The highest BCUT2D eigenvalue weighted by atomic mass is 28.4. The highest BCUT2D eigenvalue weighted by Gasteiger charge is 2.38. The second kappa shape index (κ2) is 7.75. The van der Waals surface area contributed by atoms with E-state index in [0.717, 1.165) is 12.2 Å². The van der Waals surface area contributed by atoms with E-state index >= 15 is 0 Å². The van der Waals surface area contributed by atoms with Crippen LogP contribution in [0, 0.1) is 13.8 Å². The zero-order chi connectivity index (χ0) is 18.6. The summed E-state index contributed by atoms with van der Waals surface area (Å²) in [5.41, 5.74) is 3.91. The summed E-state index contributed by atoms with van der Waals surface area (Å²) in [5.74, 6) is 0.930. The molecule has 0 aliphatic carbocycles. The van der Waals surface area contributed by atoms with Gasteiger partial charge in [0.05, 0.1) is 0 Å². The van der Waals surface area contributed by atoms with Crippen LogP contribution in [0.4, 0.5) is 0 Å². The van der Waals surface area contributed by atoms with Crippen molar-refractivity contribution in [1.82, 2.24) is 0 Å². The third-order valence-electron chi connectivity index (χ3n) is 4.84. The van der Waals surface area contributed by atoms with Crippen LogP contribution in [0.25, 0.3) is 0 Å². The lowest BCUT2D eigenvalue weighted by Crippen LogP contribution is -2.62. The van der Waals surface area contributed by atoms with Crippen molar-refractivity contribution in [3.8, 4) is 5.75 Å². The Balaban J connectivity index is 2.17. The molecule has 3 rings (SSSR count). The van der Waals surface area contributed by atoms with Crippen LogP contribution in [0.2, 0.25) is 6.55 Å². The summed E-state index contributed by atoms with van der Waals surface area (Å²) < 4.78 is 6.75. The fraction of sp³-hybridized carbons (Fsp3) is 0.167. The van der Waals surface area contributed by atoms with E-state index in [1.54, 1.807) is 0 Å². The average Bonchev–Trinajstić information content (AvgIpc) is 2.63. The summed E-state index contributed by atoms with van der Waals surface area (Å²) in [5, 5.41) is 2.65. The van der Waals surface area contributed by atoms with Crippen molar-refractivity contribution >= 4 is 18.7 Å². The van der Waals surface area contributed by atoms with Crippen LogP contribution >= 0.6 is 0 Å². The number of hydrogen-bond acceptors (Lipinski definition) is 1. The molecule has 0 bridgehead atoms. The molecular weight excluding hydrogens is 332 g/mol. The predicted molar refractivity (Wildman–Crippen MR) is 114 cm³/mol. The number of rotatable bonds is 6. The number of para-hydroxylation sites is 1. The van der Waals surface area contributed by atoms with Gasteiger partial charge < -0.3 is 4.43 Å². The van der Waals surface area contributed by atoms with E-state index < -0.39 is 8.32 Å². The molecule has 26 heavy (non-hydrogen) atoms. The van der Waals surface area contributed by atoms with Crippen LogP contribution in [-0.4, -0.2) is 8.32 Å². The Bertz CT molecular complexity index is 864. The van der Waals surface area contributed by atoms with Crippen LogP contribution in [-0.2, 0) is 6.42 Å². The Morgan fingerprint density at radius 1 is 0.885 bits per heavy atom. The molecule has 0 heterocycles. The smallest absolute Gasteiger partial charge is 0.312 e. The van der Waals surface area contributed by atoms with Gasteiger partial charge >= 0.3 is 8.32 Å². The van der Waals surface area contributed by atoms with E-state index in [-0.39, 0.29) is 0 Å². The molecule has 0 amide bonds. The molecule has 0 saturated carbocycles. The van der Waals surface area contributed by atoms with Gasteiger partial charge in [0, 0.05) is 0 Å². The zero-order valence-electron chi connectivity index (χ0n) is 15.8. The second-order valence-electron chi connectivity index (χ2n) is 6.91. The SMILES string of the molecule is C=CCc1cc(C)c([Si](C)(Oc2ccccc2)c2ccccc2)c(C)c1. The van der Waals surface area contributed by atoms with Crippen molar-refractivity contribution in [3.63, 3.8) is 0 Å². The van der Waals surface area contributed by atoms with Crippen LogP contribution < -0.4 is 14.8 Å². The molecule has 2 heteroatoms. The summed E-state index contributed by atoms with van der Waals surface area (Å²) in [7, 11) is -2.40. The van der Waals surface area contributed by atoms with Gasteiger partial charge in [0.15, 0.2) is 0 Å². The first kappa shape index (κ1) is 18.2. The normalized spacial score (nSPS) is 13.0. The molecular formula is C24H26OSi. The summed E-state index contributed by atoms with van der Waals surface area (Å²) >= 11 is 0. The van der Waals surface area contributed by atoms with Crippen molar-refractivity contribution < 1.29 is 4.43 Å². The van der Waals surface area contributed by atoms with Crippen molar-refractivity contribution in [2.45, 2.75) is 26.8 Å². The molecule has 0 radical (unpaired) electrons. The van der Waals surface area contributed by atoms with Gasteiger partial charge in [0.1, 0.15) is 5.75 Å². The number of benzene rings is 3. The summed E-state index contributed by atoms with van der Waals surface area (Å²) in [4.78, 5) is 0. The first-order chi connectivity index (χ1) is 12.5. The van der Waals surface area contributed by atoms with E-state index in [1.807, 2.05) is 36.4 Å². The van der Waals surface area contributed by atoms with Gasteiger partial charge in [0.2, 0.25) is 0 Å². The Hall–Kier alpha value is -2.58. The van der Waals surface area contributed by atoms with Crippen molar-refractivity contribution in [1.29, 1.82) is 0 Å². The Labute approximate surface area is 158 Å². The first-order valence-electron chi connectivity index (χ1n) is 9.05. The summed E-state index contributed by atoms with van der Waals surface area (Å²) in [6, 6.07) is 25.4. The van der Waals surface area contributed by atoms with Crippen LogP contribution in [0.5, 0.6) is 5.75 Å². The maximum atomic E-state index is 6.75. The molecule has 0 aliphatic heterocycles. The fourth-order valence-corrected chi connectivity index (χ4v) is 7.42. The molecule has 3 aromatic carbocycles.